The van der Waals surface area contributed by atoms with Crippen molar-refractivity contribution in [3.8, 4) is 0 Å². The van der Waals surface area contributed by atoms with Crippen molar-refractivity contribution >= 4 is 5.69 Å². The summed E-state index contributed by atoms with van der Waals surface area (Å²) in [5.74, 6) is 0. The van der Waals surface area contributed by atoms with Gasteiger partial charge < -0.3 is 15.0 Å². The zero-order chi connectivity index (χ0) is 12.3. The van der Waals surface area contributed by atoms with Gasteiger partial charge in [0.1, 0.15) is 0 Å². The van der Waals surface area contributed by atoms with Crippen molar-refractivity contribution in [2.24, 2.45) is 0 Å². The van der Waals surface area contributed by atoms with Gasteiger partial charge in [-0.05, 0) is 25.5 Å². The van der Waals surface area contributed by atoms with Crippen LogP contribution in [0.3, 0.4) is 0 Å². The fourth-order valence-corrected chi connectivity index (χ4v) is 2.12. The minimum absolute atomic E-state index is 0.0621. The molecule has 0 amide bonds. The van der Waals surface area contributed by atoms with Crippen LogP contribution in [0.2, 0.25) is 0 Å². The minimum atomic E-state index is 0.0621. The van der Waals surface area contributed by atoms with E-state index in [1.165, 1.54) is 11.3 Å². The molecule has 0 saturated carbocycles. The van der Waals surface area contributed by atoms with Crippen LogP contribution in [0.15, 0.2) is 24.3 Å². The Hall–Kier alpha value is -1.06. The Balaban J connectivity index is 1.81. The van der Waals surface area contributed by atoms with Crippen LogP contribution in [0.5, 0.6) is 0 Å². The van der Waals surface area contributed by atoms with Gasteiger partial charge in [0.05, 0.1) is 12.2 Å². The number of anilines is 1. The second-order valence-electron chi connectivity index (χ2n) is 5.11. The second-order valence-corrected chi connectivity index (χ2v) is 5.11. The molecule has 1 aromatic carbocycles. The molecule has 1 aliphatic heterocycles. The Bertz CT molecular complexity index is 374. The highest BCUT2D eigenvalue weighted by Gasteiger charge is 2.32. The third kappa shape index (κ3) is 2.99. The Morgan fingerprint density at radius 3 is 2.65 bits per heavy atom. The van der Waals surface area contributed by atoms with Gasteiger partial charge in [-0.15, -0.1) is 0 Å². The molecule has 1 aliphatic rings. The maximum Gasteiger partial charge on any atom is 0.0902 e. The van der Waals surface area contributed by atoms with Crippen molar-refractivity contribution in [1.82, 2.24) is 5.32 Å². The molecule has 2 rings (SSSR count). The van der Waals surface area contributed by atoms with Gasteiger partial charge in [-0.25, -0.2) is 0 Å². The average molecular weight is 234 g/mol. The molecular formula is C14H22N2O. The molecule has 1 fully saturated rings. The molecule has 0 bridgehead atoms. The maximum atomic E-state index is 5.89. The summed E-state index contributed by atoms with van der Waals surface area (Å²) in [6, 6.07) is 8.45. The van der Waals surface area contributed by atoms with Crippen LogP contribution in [0.25, 0.3) is 0 Å². The normalized spacial score (nSPS) is 17.6. The summed E-state index contributed by atoms with van der Waals surface area (Å²) < 4.78 is 5.89. The van der Waals surface area contributed by atoms with E-state index in [0.717, 1.165) is 26.2 Å². The first-order valence-electron chi connectivity index (χ1n) is 6.22. The first-order valence-corrected chi connectivity index (χ1v) is 6.22. The van der Waals surface area contributed by atoms with Gasteiger partial charge in [0.15, 0.2) is 0 Å². The predicted octanol–water partition coefficient (Wildman–Crippen LogP) is 1.81. The number of nitrogens with zero attached hydrogens (tertiary/aromatic N) is 1. The summed E-state index contributed by atoms with van der Waals surface area (Å²) in [6.45, 7) is 7.97. The van der Waals surface area contributed by atoms with Gasteiger partial charge in [0.2, 0.25) is 0 Å². The molecule has 94 valence electrons. The van der Waals surface area contributed by atoms with Crippen LogP contribution in [0.1, 0.15) is 12.5 Å². The van der Waals surface area contributed by atoms with Crippen molar-refractivity contribution in [2.75, 3.05) is 38.2 Å². The Morgan fingerprint density at radius 1 is 1.35 bits per heavy atom. The molecule has 3 nitrogen and oxygen atoms in total. The lowest BCUT2D eigenvalue weighted by Crippen LogP contribution is -2.59. The molecule has 17 heavy (non-hydrogen) atoms. The molecule has 1 aromatic rings. The molecule has 1 saturated heterocycles. The molecule has 1 N–H and O–H groups in total. The number of likely N-dealkylation sites (N-methyl/N-ethyl adjacent to an activating group) is 1. The average Bonchev–Trinajstić information content (AvgIpc) is 2.27. The second kappa shape index (κ2) is 5.07. The molecule has 0 spiro atoms. The zero-order valence-corrected chi connectivity index (χ0v) is 11.0. The fraction of sp³-hybridized carbons (Fsp3) is 0.571. The first-order chi connectivity index (χ1) is 8.11. The van der Waals surface area contributed by atoms with Gasteiger partial charge in [0.25, 0.3) is 0 Å². The van der Waals surface area contributed by atoms with Crippen molar-refractivity contribution in [3.63, 3.8) is 0 Å². The summed E-state index contributed by atoms with van der Waals surface area (Å²) in [6.07, 6.45) is 0. The maximum absolute atomic E-state index is 5.89. The van der Waals surface area contributed by atoms with E-state index in [4.69, 9.17) is 4.74 Å². The lowest BCUT2D eigenvalue weighted by atomic mass is 10.0. The highest BCUT2D eigenvalue weighted by molar-refractivity contribution is 5.52. The molecule has 0 aliphatic carbocycles. The summed E-state index contributed by atoms with van der Waals surface area (Å²) >= 11 is 0. The quantitative estimate of drug-likeness (QED) is 0.841. The third-order valence-electron chi connectivity index (χ3n) is 3.40. The van der Waals surface area contributed by atoms with Gasteiger partial charge in [-0.1, -0.05) is 18.2 Å². The van der Waals surface area contributed by atoms with Crippen LogP contribution < -0.4 is 10.2 Å². The smallest absolute Gasteiger partial charge is 0.0902 e. The molecule has 3 heteroatoms. The lowest BCUT2D eigenvalue weighted by molar-refractivity contribution is -0.0631. The molecular weight excluding hydrogens is 212 g/mol. The van der Waals surface area contributed by atoms with E-state index < -0.39 is 0 Å². The molecule has 0 radical (unpaired) electrons. The van der Waals surface area contributed by atoms with Crippen LogP contribution in [-0.4, -0.2) is 38.9 Å². The number of ether oxygens (including phenoxy) is 1. The first kappa shape index (κ1) is 12.4. The molecule has 0 atom stereocenters. The number of hydrogen-bond acceptors (Lipinski definition) is 3. The van der Waals surface area contributed by atoms with Crippen molar-refractivity contribution in [2.45, 2.75) is 19.4 Å². The molecule has 1 heterocycles. The summed E-state index contributed by atoms with van der Waals surface area (Å²) in [5.41, 5.74) is 2.66. The summed E-state index contributed by atoms with van der Waals surface area (Å²) in [4.78, 5) is 2.25. The Morgan fingerprint density at radius 2 is 2.06 bits per heavy atom. The van der Waals surface area contributed by atoms with Gasteiger partial charge in [0, 0.05) is 32.4 Å². The van der Waals surface area contributed by atoms with Crippen molar-refractivity contribution < 1.29 is 4.74 Å². The number of benzene rings is 1. The number of para-hydroxylation sites is 1. The van der Waals surface area contributed by atoms with E-state index in [0.29, 0.717) is 0 Å². The Labute approximate surface area is 104 Å². The zero-order valence-electron chi connectivity index (χ0n) is 11.0. The predicted molar refractivity (Wildman–Crippen MR) is 71.7 cm³/mol. The largest absolute Gasteiger partial charge is 0.372 e. The van der Waals surface area contributed by atoms with Gasteiger partial charge in [-0.2, -0.15) is 0 Å². The summed E-state index contributed by atoms with van der Waals surface area (Å²) in [5, 5.41) is 3.24. The number of nitrogens with one attached hydrogen (secondary N) is 1. The van der Waals surface area contributed by atoms with E-state index in [1.54, 1.807) is 0 Å². The highest BCUT2D eigenvalue weighted by atomic mass is 16.5. The third-order valence-corrected chi connectivity index (χ3v) is 3.40. The number of aryl methyl sites for hydroxylation is 1. The minimum Gasteiger partial charge on any atom is -0.372 e. The van der Waals surface area contributed by atoms with Gasteiger partial charge in [-0.3, -0.25) is 0 Å². The standard InChI is InChI=1S/C14H22N2O/c1-12-6-4-5-7-13(12)16(3)8-9-17-14(2)10-15-11-14/h4-7,15H,8-11H2,1-3H3. The van der Waals surface area contributed by atoms with Crippen molar-refractivity contribution in [3.05, 3.63) is 29.8 Å². The van der Waals surface area contributed by atoms with E-state index in [-0.39, 0.29) is 5.60 Å². The van der Waals surface area contributed by atoms with E-state index in [2.05, 4.69) is 55.4 Å². The van der Waals surface area contributed by atoms with Crippen LogP contribution in [0.4, 0.5) is 5.69 Å². The SMILES string of the molecule is Cc1ccccc1N(C)CCOC1(C)CNC1. The highest BCUT2D eigenvalue weighted by Crippen LogP contribution is 2.19. The number of rotatable bonds is 5. The van der Waals surface area contributed by atoms with Crippen molar-refractivity contribution in [1.29, 1.82) is 0 Å². The van der Waals surface area contributed by atoms with Crippen LogP contribution in [-0.2, 0) is 4.74 Å². The van der Waals surface area contributed by atoms with E-state index in [1.807, 2.05) is 0 Å². The van der Waals surface area contributed by atoms with Crippen LogP contribution in [0, 0.1) is 6.92 Å². The Kier molecular flexibility index (Phi) is 3.69. The topological polar surface area (TPSA) is 24.5 Å². The van der Waals surface area contributed by atoms with Crippen LogP contribution >= 0.6 is 0 Å². The monoisotopic (exact) mass is 234 g/mol. The molecule has 0 unspecified atom stereocenters. The summed E-state index contributed by atoms with van der Waals surface area (Å²) in [7, 11) is 2.12. The van der Waals surface area contributed by atoms with Gasteiger partial charge >= 0.3 is 0 Å². The lowest BCUT2D eigenvalue weighted by Gasteiger charge is -2.39. The van der Waals surface area contributed by atoms with E-state index >= 15 is 0 Å². The molecule has 0 aromatic heterocycles. The fourth-order valence-electron chi connectivity index (χ4n) is 2.12. The number of hydrogen-bond donors (Lipinski definition) is 1. The van der Waals surface area contributed by atoms with E-state index in [9.17, 15) is 0 Å².